The lowest BCUT2D eigenvalue weighted by molar-refractivity contribution is -0.124. The van der Waals surface area contributed by atoms with Crippen molar-refractivity contribution in [3.8, 4) is 0 Å². The van der Waals surface area contributed by atoms with Crippen LogP contribution in [0.5, 0.6) is 0 Å². The van der Waals surface area contributed by atoms with Gasteiger partial charge in [0.15, 0.2) is 9.84 Å². The highest BCUT2D eigenvalue weighted by Gasteiger charge is 2.32. The number of hydrazone groups is 1. The minimum atomic E-state index is -3.05. The van der Waals surface area contributed by atoms with Gasteiger partial charge in [0.05, 0.1) is 23.1 Å². The number of nitrogens with zero attached hydrogens (tertiary/aromatic N) is 1. The molecule has 0 radical (unpaired) electrons. The molecule has 5 nitrogen and oxygen atoms in total. The molecule has 1 aromatic carbocycles. The number of benzene rings is 1. The fourth-order valence-corrected chi connectivity index (χ4v) is 4.25. The fraction of sp³-hybridized carbons (Fsp3) is 0.467. The maximum Gasteiger partial charge on any atom is 0.244 e. The predicted octanol–water partition coefficient (Wildman–Crippen LogP) is 1.58. The molecule has 1 saturated heterocycles. The molecule has 1 aliphatic heterocycles. The molecular weight excluding hydrogens is 288 g/mol. The van der Waals surface area contributed by atoms with Crippen molar-refractivity contribution in [2.24, 2.45) is 11.0 Å². The molecule has 1 fully saturated rings. The van der Waals surface area contributed by atoms with Gasteiger partial charge in [0.1, 0.15) is 0 Å². The molecule has 21 heavy (non-hydrogen) atoms. The van der Waals surface area contributed by atoms with Crippen LogP contribution >= 0.6 is 0 Å². The van der Waals surface area contributed by atoms with Crippen LogP contribution in [0.4, 0.5) is 0 Å². The third-order valence-corrected chi connectivity index (χ3v) is 5.48. The van der Waals surface area contributed by atoms with E-state index in [-0.39, 0.29) is 17.4 Å². The summed E-state index contributed by atoms with van der Waals surface area (Å²) in [6.45, 7) is 5.83. The summed E-state index contributed by atoms with van der Waals surface area (Å²) in [5.41, 5.74) is 6.43. The SMILES string of the molecule is C/C(=N/NC(=O)[C@H]1CCS(=O)(=O)C1)c1ccc(C)cc1C. The highest BCUT2D eigenvalue weighted by atomic mass is 32.2. The second-order valence-corrected chi connectivity index (χ2v) is 7.82. The van der Waals surface area contributed by atoms with E-state index in [0.717, 1.165) is 11.1 Å². The number of carbonyl (C=O) groups is 1. The smallest absolute Gasteiger partial charge is 0.244 e. The Morgan fingerprint density at radius 2 is 2.05 bits per heavy atom. The number of nitrogens with one attached hydrogen (secondary N) is 1. The molecule has 2 rings (SSSR count). The largest absolute Gasteiger partial charge is 0.273 e. The summed E-state index contributed by atoms with van der Waals surface area (Å²) in [7, 11) is -3.05. The van der Waals surface area contributed by atoms with Crippen LogP contribution in [-0.4, -0.2) is 31.5 Å². The summed E-state index contributed by atoms with van der Waals surface area (Å²) in [4.78, 5) is 11.9. The van der Waals surface area contributed by atoms with Gasteiger partial charge in [-0.3, -0.25) is 4.79 Å². The molecule has 0 unspecified atom stereocenters. The van der Waals surface area contributed by atoms with Crippen LogP contribution in [0, 0.1) is 19.8 Å². The first-order valence-corrected chi connectivity index (χ1v) is 8.73. The zero-order valence-corrected chi connectivity index (χ0v) is 13.3. The van der Waals surface area contributed by atoms with Crippen molar-refractivity contribution in [2.45, 2.75) is 27.2 Å². The van der Waals surface area contributed by atoms with E-state index in [1.165, 1.54) is 5.56 Å². The van der Waals surface area contributed by atoms with Crippen molar-refractivity contribution in [2.75, 3.05) is 11.5 Å². The standard InChI is InChI=1S/C15H20N2O3S/c1-10-4-5-14(11(2)8-10)12(3)16-17-15(18)13-6-7-21(19,20)9-13/h4-5,8,13H,6-7,9H2,1-3H3,(H,17,18)/b16-12-/t13-/m0/s1. The van der Waals surface area contributed by atoms with E-state index in [1.54, 1.807) is 0 Å². The van der Waals surface area contributed by atoms with E-state index >= 15 is 0 Å². The first-order chi connectivity index (χ1) is 9.78. The summed E-state index contributed by atoms with van der Waals surface area (Å²) in [5.74, 6) is -0.784. The Bertz CT molecular complexity index is 693. The molecule has 0 aromatic heterocycles. The number of amides is 1. The quantitative estimate of drug-likeness (QED) is 0.680. The lowest BCUT2D eigenvalue weighted by atomic mass is 10.0. The number of carbonyl (C=O) groups excluding carboxylic acids is 1. The molecule has 1 N–H and O–H groups in total. The van der Waals surface area contributed by atoms with Crippen LogP contribution in [0.15, 0.2) is 23.3 Å². The zero-order valence-electron chi connectivity index (χ0n) is 12.5. The maximum atomic E-state index is 11.9. The van der Waals surface area contributed by atoms with Crippen LogP contribution in [-0.2, 0) is 14.6 Å². The third kappa shape index (κ3) is 3.91. The van der Waals surface area contributed by atoms with Crippen molar-refractivity contribution >= 4 is 21.5 Å². The van der Waals surface area contributed by atoms with Crippen LogP contribution in [0.3, 0.4) is 0 Å². The van der Waals surface area contributed by atoms with Crippen molar-refractivity contribution < 1.29 is 13.2 Å². The van der Waals surface area contributed by atoms with Crippen LogP contribution < -0.4 is 5.43 Å². The van der Waals surface area contributed by atoms with Gasteiger partial charge in [-0.2, -0.15) is 5.10 Å². The van der Waals surface area contributed by atoms with Gasteiger partial charge in [0.2, 0.25) is 5.91 Å². The van der Waals surface area contributed by atoms with Crippen molar-refractivity contribution in [1.29, 1.82) is 0 Å². The van der Waals surface area contributed by atoms with Crippen LogP contribution in [0.1, 0.15) is 30.0 Å². The predicted molar refractivity (Wildman–Crippen MR) is 83.0 cm³/mol. The minimum absolute atomic E-state index is 0.0725. The zero-order chi connectivity index (χ0) is 15.6. The van der Waals surface area contributed by atoms with E-state index in [1.807, 2.05) is 32.9 Å². The topological polar surface area (TPSA) is 75.6 Å². The average molecular weight is 308 g/mol. The van der Waals surface area contributed by atoms with Gasteiger partial charge in [0.25, 0.3) is 0 Å². The van der Waals surface area contributed by atoms with E-state index in [4.69, 9.17) is 0 Å². The first kappa shape index (κ1) is 15.7. The Labute approximate surface area is 125 Å². The molecule has 0 aliphatic carbocycles. The van der Waals surface area contributed by atoms with Gasteiger partial charge >= 0.3 is 0 Å². The molecule has 0 saturated carbocycles. The van der Waals surface area contributed by atoms with E-state index in [9.17, 15) is 13.2 Å². The van der Waals surface area contributed by atoms with Gasteiger partial charge in [-0.25, -0.2) is 13.8 Å². The highest BCUT2D eigenvalue weighted by Crippen LogP contribution is 2.18. The Hall–Kier alpha value is -1.69. The number of hydrogen-bond donors (Lipinski definition) is 1. The van der Waals surface area contributed by atoms with Crippen LogP contribution in [0.25, 0.3) is 0 Å². The van der Waals surface area contributed by atoms with Gasteiger partial charge in [0, 0.05) is 5.56 Å². The Kier molecular flexibility index (Phi) is 4.46. The molecule has 6 heteroatoms. The fourth-order valence-electron chi connectivity index (χ4n) is 2.51. The Morgan fingerprint density at radius 1 is 1.33 bits per heavy atom. The molecule has 114 valence electrons. The van der Waals surface area contributed by atoms with E-state index < -0.39 is 15.8 Å². The van der Waals surface area contributed by atoms with Crippen molar-refractivity contribution in [1.82, 2.24) is 5.43 Å². The molecule has 1 atom stereocenters. The highest BCUT2D eigenvalue weighted by molar-refractivity contribution is 7.91. The normalized spacial score (nSPS) is 21.3. The monoisotopic (exact) mass is 308 g/mol. The molecule has 1 amide bonds. The molecule has 1 aromatic rings. The minimum Gasteiger partial charge on any atom is -0.273 e. The first-order valence-electron chi connectivity index (χ1n) is 6.91. The average Bonchev–Trinajstić information content (AvgIpc) is 2.76. The number of sulfone groups is 1. The number of rotatable bonds is 3. The molecule has 1 heterocycles. The van der Waals surface area contributed by atoms with Crippen molar-refractivity contribution in [3.05, 3.63) is 34.9 Å². The summed E-state index contributed by atoms with van der Waals surface area (Å²) >= 11 is 0. The van der Waals surface area contributed by atoms with E-state index in [2.05, 4.69) is 16.6 Å². The Balaban J connectivity index is 2.05. The van der Waals surface area contributed by atoms with Gasteiger partial charge < -0.3 is 0 Å². The maximum absolute atomic E-state index is 11.9. The van der Waals surface area contributed by atoms with Crippen LogP contribution in [0.2, 0.25) is 0 Å². The van der Waals surface area contributed by atoms with Gasteiger partial charge in [-0.15, -0.1) is 0 Å². The van der Waals surface area contributed by atoms with E-state index in [0.29, 0.717) is 12.1 Å². The summed E-state index contributed by atoms with van der Waals surface area (Å²) in [5, 5.41) is 4.10. The van der Waals surface area contributed by atoms with Gasteiger partial charge in [-0.05, 0) is 32.8 Å². The Morgan fingerprint density at radius 3 is 2.62 bits per heavy atom. The second-order valence-electron chi connectivity index (χ2n) is 5.59. The molecular formula is C15H20N2O3S. The summed E-state index contributed by atoms with van der Waals surface area (Å²) in [6, 6.07) is 6.02. The lowest BCUT2D eigenvalue weighted by Gasteiger charge is -2.09. The number of hydrogen-bond acceptors (Lipinski definition) is 4. The number of aryl methyl sites for hydroxylation is 2. The molecule has 0 spiro atoms. The molecule has 1 aliphatic rings. The third-order valence-electron chi connectivity index (χ3n) is 3.71. The van der Waals surface area contributed by atoms with Gasteiger partial charge in [-0.1, -0.05) is 23.8 Å². The lowest BCUT2D eigenvalue weighted by Crippen LogP contribution is -2.28. The summed E-state index contributed by atoms with van der Waals surface area (Å²) < 4.78 is 22.7. The van der Waals surface area contributed by atoms with Crippen molar-refractivity contribution in [3.63, 3.8) is 0 Å². The summed E-state index contributed by atoms with van der Waals surface area (Å²) in [6.07, 6.45) is 0.381. The second kappa shape index (κ2) is 5.97. The molecule has 0 bridgehead atoms.